The van der Waals surface area contributed by atoms with Gasteiger partial charge in [0.1, 0.15) is 0 Å². The van der Waals surface area contributed by atoms with E-state index in [4.69, 9.17) is 5.73 Å². The Hall–Kier alpha value is -1.03. The Labute approximate surface area is 104 Å². The van der Waals surface area contributed by atoms with Crippen molar-refractivity contribution < 1.29 is 8.42 Å². The van der Waals surface area contributed by atoms with Gasteiger partial charge in [-0.25, -0.2) is 8.42 Å². The molecule has 0 aliphatic carbocycles. The average Bonchev–Trinajstić information content (AvgIpc) is 2.13. The van der Waals surface area contributed by atoms with Crippen LogP contribution in [-0.2, 0) is 9.84 Å². The lowest BCUT2D eigenvalue weighted by Crippen LogP contribution is -2.16. The molecule has 1 rings (SSSR count). The van der Waals surface area contributed by atoms with E-state index >= 15 is 0 Å². The third-order valence-corrected chi connectivity index (χ3v) is 4.40. The van der Waals surface area contributed by atoms with Crippen molar-refractivity contribution in [1.82, 2.24) is 0 Å². The molecule has 0 fully saturated rings. The minimum atomic E-state index is -3.27. The van der Waals surface area contributed by atoms with Gasteiger partial charge in [-0.05, 0) is 36.5 Å². The first-order valence-electron chi connectivity index (χ1n) is 5.71. The van der Waals surface area contributed by atoms with Gasteiger partial charge >= 0.3 is 0 Å². The van der Waals surface area contributed by atoms with Gasteiger partial charge in [0.25, 0.3) is 0 Å². The third kappa shape index (κ3) is 4.04. The van der Waals surface area contributed by atoms with Crippen molar-refractivity contribution in [3.05, 3.63) is 23.8 Å². The Morgan fingerprint density at radius 3 is 2.29 bits per heavy atom. The molecular weight excluding hydrogens is 234 g/mol. The summed E-state index contributed by atoms with van der Waals surface area (Å²) in [5.74, 6) is 0.143. The fourth-order valence-corrected chi connectivity index (χ4v) is 3.30. The van der Waals surface area contributed by atoms with Crippen LogP contribution in [0.25, 0.3) is 0 Å². The van der Waals surface area contributed by atoms with Crippen molar-refractivity contribution in [3.63, 3.8) is 0 Å². The van der Waals surface area contributed by atoms with Crippen molar-refractivity contribution in [2.75, 3.05) is 11.5 Å². The standard InChI is InChI=1S/C13H21NO2S/c1-10-5-6-12(11(14)9-10)17(15,16)8-7-13(2,3)4/h5-6,9H,7-8,14H2,1-4H3. The van der Waals surface area contributed by atoms with Crippen molar-refractivity contribution in [1.29, 1.82) is 0 Å². The number of aryl methyl sites for hydroxylation is 1. The van der Waals surface area contributed by atoms with Crippen LogP contribution in [0, 0.1) is 12.3 Å². The van der Waals surface area contributed by atoms with Crippen LogP contribution in [0.1, 0.15) is 32.8 Å². The van der Waals surface area contributed by atoms with E-state index in [0.29, 0.717) is 12.1 Å². The first-order chi connectivity index (χ1) is 7.62. The summed E-state index contributed by atoms with van der Waals surface area (Å²) in [4.78, 5) is 0.257. The highest BCUT2D eigenvalue weighted by Crippen LogP contribution is 2.25. The van der Waals surface area contributed by atoms with Crippen LogP contribution in [-0.4, -0.2) is 14.2 Å². The van der Waals surface area contributed by atoms with Gasteiger partial charge in [0.15, 0.2) is 9.84 Å². The van der Waals surface area contributed by atoms with Gasteiger partial charge in [-0.15, -0.1) is 0 Å². The summed E-state index contributed by atoms with van der Waals surface area (Å²) in [6.07, 6.45) is 0.628. The maximum Gasteiger partial charge on any atom is 0.180 e. The average molecular weight is 255 g/mol. The predicted molar refractivity (Wildman–Crippen MR) is 71.7 cm³/mol. The van der Waals surface area contributed by atoms with Crippen LogP contribution < -0.4 is 5.73 Å². The molecule has 0 saturated heterocycles. The van der Waals surface area contributed by atoms with E-state index in [2.05, 4.69) is 0 Å². The van der Waals surface area contributed by atoms with Crippen LogP contribution in [0.15, 0.2) is 23.1 Å². The molecule has 0 atom stereocenters. The molecule has 0 bridgehead atoms. The molecular formula is C13H21NO2S. The second-order valence-electron chi connectivity index (χ2n) is 5.67. The van der Waals surface area contributed by atoms with E-state index in [-0.39, 0.29) is 16.1 Å². The first-order valence-corrected chi connectivity index (χ1v) is 7.36. The fraction of sp³-hybridized carbons (Fsp3) is 0.538. The molecule has 3 nitrogen and oxygen atoms in total. The van der Waals surface area contributed by atoms with Crippen LogP contribution in [0.5, 0.6) is 0 Å². The zero-order valence-electron chi connectivity index (χ0n) is 10.9. The summed E-state index contributed by atoms with van der Waals surface area (Å²) in [6.45, 7) is 7.98. The number of rotatable bonds is 3. The smallest absolute Gasteiger partial charge is 0.180 e. The number of benzene rings is 1. The van der Waals surface area contributed by atoms with Gasteiger partial charge in [-0.1, -0.05) is 26.8 Å². The Morgan fingerprint density at radius 1 is 1.24 bits per heavy atom. The summed E-state index contributed by atoms with van der Waals surface area (Å²) < 4.78 is 24.3. The number of hydrogen-bond acceptors (Lipinski definition) is 3. The topological polar surface area (TPSA) is 60.2 Å². The van der Waals surface area contributed by atoms with Gasteiger partial charge < -0.3 is 5.73 Å². The molecule has 96 valence electrons. The minimum absolute atomic E-state index is 0.00648. The minimum Gasteiger partial charge on any atom is -0.398 e. The zero-order chi connectivity index (χ0) is 13.3. The molecule has 0 aliphatic heterocycles. The highest BCUT2D eigenvalue weighted by atomic mass is 32.2. The lowest BCUT2D eigenvalue weighted by Gasteiger charge is -2.18. The van der Waals surface area contributed by atoms with Crippen LogP contribution in [0.3, 0.4) is 0 Å². The molecule has 2 N–H and O–H groups in total. The molecule has 1 aromatic rings. The van der Waals surface area contributed by atoms with E-state index < -0.39 is 9.84 Å². The second-order valence-corrected chi connectivity index (χ2v) is 7.75. The summed E-state index contributed by atoms with van der Waals surface area (Å²) in [7, 11) is -3.27. The molecule has 0 amide bonds. The molecule has 0 saturated carbocycles. The molecule has 1 aromatic carbocycles. The Balaban J connectivity index is 2.98. The normalized spacial score (nSPS) is 12.7. The van der Waals surface area contributed by atoms with Crippen molar-refractivity contribution >= 4 is 15.5 Å². The second kappa shape index (κ2) is 4.69. The number of nitrogen functional groups attached to an aromatic ring is 1. The molecule has 0 radical (unpaired) electrons. The molecule has 0 aliphatic rings. The summed E-state index contributed by atoms with van der Waals surface area (Å²) >= 11 is 0. The number of sulfone groups is 1. The SMILES string of the molecule is Cc1ccc(S(=O)(=O)CCC(C)(C)C)c(N)c1. The Kier molecular flexibility index (Phi) is 3.87. The van der Waals surface area contributed by atoms with Gasteiger partial charge in [0.05, 0.1) is 16.3 Å². The van der Waals surface area contributed by atoms with Gasteiger partial charge in [0, 0.05) is 0 Å². The molecule has 0 aromatic heterocycles. The number of hydrogen-bond donors (Lipinski definition) is 1. The van der Waals surface area contributed by atoms with Gasteiger partial charge in [0.2, 0.25) is 0 Å². The first kappa shape index (κ1) is 14.0. The van der Waals surface area contributed by atoms with Crippen LogP contribution >= 0.6 is 0 Å². The lowest BCUT2D eigenvalue weighted by molar-refractivity contribution is 0.397. The monoisotopic (exact) mass is 255 g/mol. The molecule has 0 unspecified atom stereocenters. The van der Waals surface area contributed by atoms with Gasteiger partial charge in [-0.2, -0.15) is 0 Å². The Morgan fingerprint density at radius 2 is 1.82 bits per heavy atom. The molecule has 17 heavy (non-hydrogen) atoms. The zero-order valence-corrected chi connectivity index (χ0v) is 11.8. The Bertz CT molecular complexity index is 499. The maximum atomic E-state index is 12.1. The predicted octanol–water partition coefficient (Wildman–Crippen LogP) is 2.79. The fourth-order valence-electron chi connectivity index (χ4n) is 1.50. The van der Waals surface area contributed by atoms with E-state index in [1.54, 1.807) is 18.2 Å². The third-order valence-electron chi connectivity index (χ3n) is 2.62. The molecule has 0 heterocycles. The van der Waals surface area contributed by atoms with E-state index in [1.165, 1.54) is 0 Å². The number of anilines is 1. The summed E-state index contributed by atoms with van der Waals surface area (Å²) in [5.41, 5.74) is 7.09. The van der Waals surface area contributed by atoms with Crippen molar-refractivity contribution in [2.45, 2.75) is 39.0 Å². The summed E-state index contributed by atoms with van der Waals surface area (Å²) in [5, 5.41) is 0. The molecule has 4 heteroatoms. The summed E-state index contributed by atoms with van der Waals surface area (Å²) in [6, 6.07) is 5.08. The van der Waals surface area contributed by atoms with E-state index in [9.17, 15) is 8.42 Å². The van der Waals surface area contributed by atoms with Crippen molar-refractivity contribution in [2.24, 2.45) is 5.41 Å². The highest BCUT2D eigenvalue weighted by Gasteiger charge is 2.21. The lowest BCUT2D eigenvalue weighted by atomic mass is 9.94. The van der Waals surface area contributed by atoms with Crippen LogP contribution in [0.4, 0.5) is 5.69 Å². The van der Waals surface area contributed by atoms with E-state index in [1.807, 2.05) is 27.7 Å². The largest absolute Gasteiger partial charge is 0.398 e. The van der Waals surface area contributed by atoms with Crippen LogP contribution in [0.2, 0.25) is 0 Å². The van der Waals surface area contributed by atoms with E-state index in [0.717, 1.165) is 5.56 Å². The highest BCUT2D eigenvalue weighted by molar-refractivity contribution is 7.91. The molecule has 0 spiro atoms. The number of nitrogens with two attached hydrogens (primary N) is 1. The van der Waals surface area contributed by atoms with Gasteiger partial charge in [-0.3, -0.25) is 0 Å². The maximum absolute atomic E-state index is 12.1. The quantitative estimate of drug-likeness (QED) is 0.845. The van der Waals surface area contributed by atoms with Crippen molar-refractivity contribution in [3.8, 4) is 0 Å².